The number of benzene rings is 1. The Labute approximate surface area is 198 Å². The first-order valence-corrected chi connectivity index (χ1v) is 11.5. The van der Waals surface area contributed by atoms with Crippen LogP contribution in [0.1, 0.15) is 79.8 Å². The molecule has 1 aromatic carbocycles. The number of aliphatic hydroxyl groups is 1. The molecule has 0 radical (unpaired) electrons. The van der Waals surface area contributed by atoms with Gasteiger partial charge in [0.15, 0.2) is 0 Å². The molecule has 1 aromatic rings. The normalized spacial score (nSPS) is 14.6. The summed E-state index contributed by atoms with van der Waals surface area (Å²) in [6.07, 6.45) is 0.892. The fourth-order valence-electron chi connectivity index (χ4n) is 3.53. The van der Waals surface area contributed by atoms with Crippen LogP contribution in [0.15, 0.2) is 30.3 Å². The van der Waals surface area contributed by atoms with E-state index in [0.717, 1.165) is 12.8 Å². The van der Waals surface area contributed by atoms with Crippen LogP contribution in [-0.4, -0.2) is 57.7 Å². The summed E-state index contributed by atoms with van der Waals surface area (Å²) in [7, 11) is 0. The standard InChI is InChI=1S/C25H41N3O5/c1-9-13-17(2)26-21(30)20(18-14-11-10-12-15-18)28(24(3,4)5)22(31)19(16-29)27-23(32)33-25(6,7)8/h10-12,14-15,17,19-20,29H,9,13,16H2,1-8H3,(H,26,30)(H,27,32). The van der Waals surface area contributed by atoms with E-state index in [2.05, 4.69) is 10.6 Å². The van der Waals surface area contributed by atoms with Gasteiger partial charge >= 0.3 is 6.09 Å². The molecule has 0 saturated carbocycles. The lowest BCUT2D eigenvalue weighted by atomic mass is 9.95. The molecule has 3 N–H and O–H groups in total. The predicted molar refractivity (Wildman–Crippen MR) is 129 cm³/mol. The van der Waals surface area contributed by atoms with Crippen molar-refractivity contribution in [3.63, 3.8) is 0 Å². The number of alkyl carbamates (subject to hydrolysis) is 1. The summed E-state index contributed by atoms with van der Waals surface area (Å²) in [5, 5.41) is 15.4. The van der Waals surface area contributed by atoms with E-state index in [0.29, 0.717) is 5.56 Å². The third-order valence-electron chi connectivity index (χ3n) is 4.86. The molecule has 33 heavy (non-hydrogen) atoms. The number of nitrogens with zero attached hydrogens (tertiary/aromatic N) is 1. The molecule has 0 fully saturated rings. The molecular formula is C25H41N3O5. The molecule has 3 amide bonds. The van der Waals surface area contributed by atoms with Crippen LogP contribution in [-0.2, 0) is 14.3 Å². The molecule has 8 heteroatoms. The average Bonchev–Trinajstić information content (AvgIpc) is 2.68. The van der Waals surface area contributed by atoms with Crippen LogP contribution in [0.25, 0.3) is 0 Å². The van der Waals surface area contributed by atoms with E-state index in [9.17, 15) is 19.5 Å². The maximum absolute atomic E-state index is 13.7. The number of hydrogen-bond acceptors (Lipinski definition) is 5. The molecule has 0 bridgehead atoms. The maximum Gasteiger partial charge on any atom is 0.408 e. The number of ether oxygens (including phenoxy) is 1. The number of rotatable bonds is 9. The Bertz CT molecular complexity index is 783. The van der Waals surface area contributed by atoms with Gasteiger partial charge in [0.05, 0.1) is 6.61 Å². The van der Waals surface area contributed by atoms with Crippen molar-refractivity contribution in [2.75, 3.05) is 6.61 Å². The van der Waals surface area contributed by atoms with Gasteiger partial charge in [-0.3, -0.25) is 9.59 Å². The van der Waals surface area contributed by atoms with Gasteiger partial charge in [-0.15, -0.1) is 0 Å². The number of hydrogen-bond donors (Lipinski definition) is 3. The second kappa shape index (κ2) is 12.0. The third-order valence-corrected chi connectivity index (χ3v) is 4.86. The average molecular weight is 464 g/mol. The molecule has 3 unspecified atom stereocenters. The lowest BCUT2D eigenvalue weighted by Crippen LogP contribution is -2.59. The lowest BCUT2D eigenvalue weighted by molar-refractivity contribution is -0.149. The van der Waals surface area contributed by atoms with Crippen LogP contribution in [0.3, 0.4) is 0 Å². The molecule has 0 aromatic heterocycles. The molecule has 0 aliphatic carbocycles. The summed E-state index contributed by atoms with van der Waals surface area (Å²) in [6.45, 7) is 13.9. The van der Waals surface area contributed by atoms with Crippen molar-refractivity contribution in [1.82, 2.24) is 15.5 Å². The molecule has 0 spiro atoms. The van der Waals surface area contributed by atoms with Gasteiger partial charge in [-0.2, -0.15) is 0 Å². The van der Waals surface area contributed by atoms with E-state index in [1.54, 1.807) is 45.0 Å². The summed E-state index contributed by atoms with van der Waals surface area (Å²) in [5.74, 6) is -0.901. The number of aliphatic hydroxyl groups excluding tert-OH is 1. The van der Waals surface area contributed by atoms with Gasteiger partial charge in [-0.25, -0.2) is 4.79 Å². The van der Waals surface area contributed by atoms with Crippen LogP contribution < -0.4 is 10.6 Å². The van der Waals surface area contributed by atoms with E-state index in [1.165, 1.54) is 4.90 Å². The molecule has 0 heterocycles. The van der Waals surface area contributed by atoms with E-state index >= 15 is 0 Å². The fraction of sp³-hybridized carbons (Fsp3) is 0.640. The molecule has 0 aliphatic heterocycles. The minimum atomic E-state index is -1.27. The largest absolute Gasteiger partial charge is 0.444 e. The monoisotopic (exact) mass is 463 g/mol. The Morgan fingerprint density at radius 2 is 1.61 bits per heavy atom. The Morgan fingerprint density at radius 1 is 1.03 bits per heavy atom. The summed E-state index contributed by atoms with van der Waals surface area (Å²) in [4.78, 5) is 40.9. The summed E-state index contributed by atoms with van der Waals surface area (Å²) in [6, 6.07) is 6.73. The first-order chi connectivity index (χ1) is 15.2. The Hall–Kier alpha value is -2.61. The summed E-state index contributed by atoms with van der Waals surface area (Å²) >= 11 is 0. The number of carbonyl (C=O) groups excluding carboxylic acids is 3. The Kier molecular flexibility index (Phi) is 10.4. The summed E-state index contributed by atoms with van der Waals surface area (Å²) < 4.78 is 5.25. The van der Waals surface area contributed by atoms with E-state index < -0.39 is 41.8 Å². The highest BCUT2D eigenvalue weighted by Crippen LogP contribution is 2.30. The van der Waals surface area contributed by atoms with E-state index in [1.807, 2.05) is 40.7 Å². The van der Waals surface area contributed by atoms with Gasteiger partial charge < -0.3 is 25.4 Å². The minimum absolute atomic E-state index is 0.0702. The predicted octanol–water partition coefficient (Wildman–Crippen LogP) is 3.55. The van der Waals surface area contributed by atoms with Crippen molar-refractivity contribution in [3.8, 4) is 0 Å². The van der Waals surface area contributed by atoms with Gasteiger partial charge in [-0.1, -0.05) is 43.7 Å². The van der Waals surface area contributed by atoms with Gasteiger partial charge in [-0.05, 0) is 60.5 Å². The zero-order valence-corrected chi connectivity index (χ0v) is 21.3. The molecule has 186 valence electrons. The quantitative estimate of drug-likeness (QED) is 0.519. The SMILES string of the molecule is CCCC(C)NC(=O)C(c1ccccc1)N(C(=O)C(CO)NC(=O)OC(C)(C)C)C(C)(C)C. The molecule has 1 rings (SSSR count). The van der Waals surface area contributed by atoms with Crippen molar-refractivity contribution in [2.24, 2.45) is 0 Å². The highest BCUT2D eigenvalue weighted by molar-refractivity contribution is 5.92. The first kappa shape index (κ1) is 28.4. The van der Waals surface area contributed by atoms with E-state index in [-0.39, 0.29) is 11.9 Å². The molecular weight excluding hydrogens is 422 g/mol. The van der Waals surface area contributed by atoms with Crippen molar-refractivity contribution < 1.29 is 24.2 Å². The highest BCUT2D eigenvalue weighted by atomic mass is 16.6. The van der Waals surface area contributed by atoms with Crippen molar-refractivity contribution in [2.45, 2.75) is 97.5 Å². The molecule has 0 saturated heterocycles. The van der Waals surface area contributed by atoms with E-state index in [4.69, 9.17) is 4.74 Å². The number of carbonyl (C=O) groups is 3. The second-order valence-corrected chi connectivity index (χ2v) is 10.3. The van der Waals surface area contributed by atoms with Crippen LogP contribution in [0.2, 0.25) is 0 Å². The molecule has 8 nitrogen and oxygen atoms in total. The fourth-order valence-corrected chi connectivity index (χ4v) is 3.53. The van der Waals surface area contributed by atoms with Crippen molar-refractivity contribution in [3.05, 3.63) is 35.9 Å². The second-order valence-electron chi connectivity index (χ2n) is 10.3. The summed E-state index contributed by atoms with van der Waals surface area (Å²) in [5.41, 5.74) is -0.930. The van der Waals surface area contributed by atoms with Crippen LogP contribution in [0.4, 0.5) is 4.79 Å². The van der Waals surface area contributed by atoms with Gasteiger partial charge in [0.25, 0.3) is 0 Å². The van der Waals surface area contributed by atoms with Gasteiger partial charge in [0.1, 0.15) is 17.7 Å². The zero-order chi connectivity index (χ0) is 25.4. The molecule has 3 atom stereocenters. The third kappa shape index (κ3) is 9.04. The van der Waals surface area contributed by atoms with Crippen LogP contribution >= 0.6 is 0 Å². The first-order valence-electron chi connectivity index (χ1n) is 11.5. The minimum Gasteiger partial charge on any atom is -0.444 e. The van der Waals surface area contributed by atoms with Crippen LogP contribution in [0, 0.1) is 0 Å². The van der Waals surface area contributed by atoms with Gasteiger partial charge in [0.2, 0.25) is 11.8 Å². The topological polar surface area (TPSA) is 108 Å². The number of nitrogens with one attached hydrogen (secondary N) is 2. The maximum atomic E-state index is 13.7. The van der Waals surface area contributed by atoms with Gasteiger partial charge in [0, 0.05) is 11.6 Å². The highest BCUT2D eigenvalue weighted by Gasteiger charge is 2.41. The van der Waals surface area contributed by atoms with Crippen molar-refractivity contribution in [1.29, 1.82) is 0 Å². The smallest absolute Gasteiger partial charge is 0.408 e. The molecule has 0 aliphatic rings. The van der Waals surface area contributed by atoms with Crippen LogP contribution in [0.5, 0.6) is 0 Å². The Morgan fingerprint density at radius 3 is 2.06 bits per heavy atom. The lowest BCUT2D eigenvalue weighted by Gasteiger charge is -2.43. The zero-order valence-electron chi connectivity index (χ0n) is 21.3. The van der Waals surface area contributed by atoms with Crippen molar-refractivity contribution >= 4 is 17.9 Å². The Balaban J connectivity index is 3.38. The number of amides is 3.